The lowest BCUT2D eigenvalue weighted by atomic mass is 10.00. The maximum Gasteiger partial charge on any atom is 0.318 e. The molecule has 1 aliphatic carbocycles. The summed E-state index contributed by atoms with van der Waals surface area (Å²) in [6.45, 7) is 4.99. The fraction of sp³-hybridized carbons (Fsp3) is 0.364. The Morgan fingerprint density at radius 1 is 1.04 bits per heavy atom. The normalized spacial score (nSPS) is 15.0. The molecule has 0 heterocycles. The van der Waals surface area contributed by atoms with Crippen molar-refractivity contribution in [2.24, 2.45) is 5.73 Å². The van der Waals surface area contributed by atoms with Crippen LogP contribution in [0.4, 0.5) is 4.79 Å². The van der Waals surface area contributed by atoms with E-state index in [1.54, 1.807) is 0 Å². The highest BCUT2D eigenvalue weighted by atomic mass is 16.2. The number of nitrogens with zero attached hydrogens (tertiary/aromatic N) is 1. The lowest BCUT2D eigenvalue weighted by molar-refractivity contribution is -0.126. The number of amides is 3. The standard InChI is InChI=1S/C22H27N3O2/c1-15(2)17-10-8-16(9-11-17)14-25(19-12-13-19)20(21(26)24-22(23)27)18-6-4-3-5-7-18/h3-11,15,19-20H,12-14H2,1-2H3,(H3,23,24,26,27)/t20-/m0/s1. The van der Waals surface area contributed by atoms with E-state index >= 15 is 0 Å². The summed E-state index contributed by atoms with van der Waals surface area (Å²) in [5, 5.41) is 2.27. The molecule has 0 saturated heterocycles. The number of rotatable bonds is 7. The first kappa shape index (κ1) is 19.1. The van der Waals surface area contributed by atoms with E-state index in [-0.39, 0.29) is 5.91 Å². The Morgan fingerprint density at radius 2 is 1.67 bits per heavy atom. The summed E-state index contributed by atoms with van der Waals surface area (Å²) >= 11 is 0. The highest BCUT2D eigenvalue weighted by Gasteiger charge is 2.38. The first-order valence-electron chi connectivity index (χ1n) is 9.45. The van der Waals surface area contributed by atoms with Crippen molar-refractivity contribution in [1.82, 2.24) is 10.2 Å². The van der Waals surface area contributed by atoms with Crippen molar-refractivity contribution in [2.75, 3.05) is 0 Å². The Balaban J connectivity index is 1.88. The summed E-state index contributed by atoms with van der Waals surface area (Å²) in [6, 6.07) is 17.1. The third kappa shape index (κ3) is 4.95. The zero-order valence-corrected chi connectivity index (χ0v) is 15.9. The van der Waals surface area contributed by atoms with Gasteiger partial charge in [-0.1, -0.05) is 68.4 Å². The van der Waals surface area contributed by atoms with Gasteiger partial charge in [0.05, 0.1) is 0 Å². The molecule has 5 nitrogen and oxygen atoms in total. The maximum absolute atomic E-state index is 12.8. The summed E-state index contributed by atoms with van der Waals surface area (Å²) < 4.78 is 0. The van der Waals surface area contributed by atoms with Gasteiger partial charge < -0.3 is 5.73 Å². The van der Waals surface area contributed by atoms with Crippen LogP contribution in [-0.4, -0.2) is 22.9 Å². The molecule has 3 N–H and O–H groups in total. The van der Waals surface area contributed by atoms with E-state index in [9.17, 15) is 9.59 Å². The molecule has 0 radical (unpaired) electrons. The Bertz CT molecular complexity index is 783. The van der Waals surface area contributed by atoms with E-state index in [0.717, 1.165) is 24.0 Å². The number of nitrogens with two attached hydrogens (primary N) is 1. The van der Waals surface area contributed by atoms with Gasteiger partial charge in [-0.25, -0.2) is 4.79 Å². The fourth-order valence-corrected chi connectivity index (χ4v) is 3.37. The molecule has 142 valence electrons. The van der Waals surface area contributed by atoms with Crippen molar-refractivity contribution in [3.8, 4) is 0 Å². The minimum absolute atomic E-state index is 0.332. The highest BCUT2D eigenvalue weighted by molar-refractivity contribution is 5.96. The van der Waals surface area contributed by atoms with E-state index in [4.69, 9.17) is 5.73 Å². The van der Waals surface area contributed by atoms with Gasteiger partial charge in [0.15, 0.2) is 0 Å². The molecule has 3 rings (SSSR count). The molecule has 27 heavy (non-hydrogen) atoms. The monoisotopic (exact) mass is 365 g/mol. The average molecular weight is 365 g/mol. The lowest BCUT2D eigenvalue weighted by Crippen LogP contribution is -2.45. The summed E-state index contributed by atoms with van der Waals surface area (Å²) in [4.78, 5) is 26.3. The first-order chi connectivity index (χ1) is 13.0. The summed E-state index contributed by atoms with van der Waals surface area (Å²) in [7, 11) is 0. The number of hydrogen-bond donors (Lipinski definition) is 2. The Labute approximate surface area is 160 Å². The maximum atomic E-state index is 12.8. The molecule has 1 atom stereocenters. The molecule has 5 heteroatoms. The van der Waals surface area contributed by atoms with E-state index in [1.165, 1.54) is 5.56 Å². The van der Waals surface area contributed by atoms with Crippen molar-refractivity contribution in [3.05, 3.63) is 71.3 Å². The van der Waals surface area contributed by atoms with Gasteiger partial charge in [0.25, 0.3) is 0 Å². The second kappa shape index (κ2) is 8.35. The van der Waals surface area contributed by atoms with Gasteiger partial charge in [-0.15, -0.1) is 0 Å². The van der Waals surface area contributed by atoms with Gasteiger partial charge in [-0.3, -0.25) is 15.0 Å². The van der Waals surface area contributed by atoms with Gasteiger partial charge in [-0.05, 0) is 35.4 Å². The van der Waals surface area contributed by atoms with Gasteiger partial charge in [0, 0.05) is 12.6 Å². The zero-order valence-electron chi connectivity index (χ0n) is 15.9. The number of benzene rings is 2. The van der Waals surface area contributed by atoms with Crippen molar-refractivity contribution in [3.63, 3.8) is 0 Å². The number of primary amides is 1. The van der Waals surface area contributed by atoms with Crippen LogP contribution in [0.25, 0.3) is 0 Å². The van der Waals surface area contributed by atoms with Gasteiger partial charge in [0.1, 0.15) is 6.04 Å². The predicted molar refractivity (Wildman–Crippen MR) is 106 cm³/mol. The van der Waals surface area contributed by atoms with Gasteiger partial charge in [-0.2, -0.15) is 0 Å². The molecule has 1 fully saturated rings. The Hall–Kier alpha value is -2.66. The second-order valence-electron chi connectivity index (χ2n) is 7.47. The summed E-state index contributed by atoms with van der Waals surface area (Å²) in [6.07, 6.45) is 2.11. The number of carbonyl (C=O) groups is 2. The van der Waals surface area contributed by atoms with Crippen LogP contribution in [0.15, 0.2) is 54.6 Å². The fourth-order valence-electron chi connectivity index (χ4n) is 3.37. The van der Waals surface area contributed by atoms with Crippen LogP contribution < -0.4 is 11.1 Å². The van der Waals surface area contributed by atoms with Crippen LogP contribution in [0.3, 0.4) is 0 Å². The molecule has 3 amide bonds. The molecule has 0 aliphatic heterocycles. The third-order valence-electron chi connectivity index (χ3n) is 4.97. The van der Waals surface area contributed by atoms with E-state index in [0.29, 0.717) is 18.5 Å². The molecular formula is C22H27N3O2. The van der Waals surface area contributed by atoms with Crippen LogP contribution in [0.1, 0.15) is 55.3 Å². The zero-order chi connectivity index (χ0) is 19.4. The summed E-state index contributed by atoms with van der Waals surface area (Å²) in [5.41, 5.74) is 8.52. The first-order valence-corrected chi connectivity index (χ1v) is 9.45. The van der Waals surface area contributed by atoms with Crippen molar-refractivity contribution in [2.45, 2.75) is 51.2 Å². The Kier molecular flexibility index (Phi) is 5.91. The average Bonchev–Trinajstić information content (AvgIpc) is 3.47. The van der Waals surface area contributed by atoms with Crippen LogP contribution >= 0.6 is 0 Å². The van der Waals surface area contributed by atoms with Crippen LogP contribution in [0.2, 0.25) is 0 Å². The van der Waals surface area contributed by atoms with E-state index < -0.39 is 12.1 Å². The van der Waals surface area contributed by atoms with E-state index in [1.807, 2.05) is 30.3 Å². The molecule has 0 bridgehead atoms. The van der Waals surface area contributed by atoms with Crippen LogP contribution in [-0.2, 0) is 11.3 Å². The molecule has 0 unspecified atom stereocenters. The molecule has 2 aromatic carbocycles. The molecular weight excluding hydrogens is 338 g/mol. The SMILES string of the molecule is CC(C)c1ccc(CN(C2CC2)[C@H](C(=O)NC(N)=O)c2ccccc2)cc1. The minimum atomic E-state index is -0.821. The van der Waals surface area contributed by atoms with Crippen molar-refractivity contribution in [1.29, 1.82) is 0 Å². The summed E-state index contributed by atoms with van der Waals surface area (Å²) in [5.74, 6) is 0.108. The van der Waals surface area contributed by atoms with Gasteiger partial charge in [0.2, 0.25) is 5.91 Å². The number of urea groups is 1. The molecule has 0 spiro atoms. The van der Waals surface area contributed by atoms with E-state index in [2.05, 4.69) is 48.3 Å². The minimum Gasteiger partial charge on any atom is -0.351 e. The quantitative estimate of drug-likeness (QED) is 0.785. The Morgan fingerprint density at radius 3 is 2.19 bits per heavy atom. The van der Waals surface area contributed by atoms with Gasteiger partial charge >= 0.3 is 6.03 Å². The van der Waals surface area contributed by atoms with Crippen LogP contribution in [0, 0.1) is 0 Å². The predicted octanol–water partition coefficient (Wildman–Crippen LogP) is 3.71. The smallest absolute Gasteiger partial charge is 0.318 e. The number of imide groups is 1. The molecule has 0 aromatic heterocycles. The second-order valence-corrected chi connectivity index (χ2v) is 7.47. The highest BCUT2D eigenvalue weighted by Crippen LogP contribution is 2.36. The number of carbonyl (C=O) groups excluding carboxylic acids is 2. The molecule has 1 saturated carbocycles. The topological polar surface area (TPSA) is 75.4 Å². The number of hydrogen-bond acceptors (Lipinski definition) is 3. The van der Waals surface area contributed by atoms with Crippen molar-refractivity contribution < 1.29 is 9.59 Å². The lowest BCUT2D eigenvalue weighted by Gasteiger charge is -2.31. The van der Waals surface area contributed by atoms with Crippen LogP contribution in [0.5, 0.6) is 0 Å². The third-order valence-corrected chi connectivity index (χ3v) is 4.97. The molecule has 1 aliphatic rings. The van der Waals surface area contributed by atoms with Crippen molar-refractivity contribution >= 4 is 11.9 Å². The number of nitrogens with one attached hydrogen (secondary N) is 1. The largest absolute Gasteiger partial charge is 0.351 e. The molecule has 2 aromatic rings.